The van der Waals surface area contributed by atoms with Crippen LogP contribution in [0.3, 0.4) is 0 Å². The number of ether oxygens (including phenoxy) is 2. The Morgan fingerprint density at radius 2 is 1.68 bits per heavy atom. The summed E-state index contributed by atoms with van der Waals surface area (Å²) in [5, 5.41) is 2.98. The Hall–Kier alpha value is -3.22. The first kappa shape index (κ1) is 21.0. The molecule has 2 aliphatic heterocycles. The van der Waals surface area contributed by atoms with Crippen molar-refractivity contribution in [2.45, 2.75) is 26.3 Å². The minimum atomic E-state index is -0.306. The van der Waals surface area contributed by atoms with Gasteiger partial charge in [-0.2, -0.15) is 0 Å². The van der Waals surface area contributed by atoms with Gasteiger partial charge in [-0.1, -0.05) is 12.1 Å². The fraction of sp³-hybridized carbons (Fsp3) is 0.417. The van der Waals surface area contributed by atoms with Crippen molar-refractivity contribution in [2.75, 3.05) is 39.2 Å². The van der Waals surface area contributed by atoms with Crippen molar-refractivity contribution in [3.63, 3.8) is 0 Å². The van der Waals surface area contributed by atoms with Crippen molar-refractivity contribution < 1.29 is 19.1 Å². The van der Waals surface area contributed by atoms with Gasteiger partial charge in [-0.25, -0.2) is 4.79 Å². The molecule has 31 heavy (non-hydrogen) atoms. The van der Waals surface area contributed by atoms with Gasteiger partial charge < -0.3 is 24.6 Å². The Bertz CT molecular complexity index is 965. The largest absolute Gasteiger partial charge is 0.497 e. The number of nitrogens with one attached hydrogen (secondary N) is 1. The highest BCUT2D eigenvalue weighted by Gasteiger charge is 2.53. The minimum Gasteiger partial charge on any atom is -0.497 e. The Balaban J connectivity index is 1.29. The van der Waals surface area contributed by atoms with E-state index in [4.69, 9.17) is 9.47 Å². The van der Waals surface area contributed by atoms with Crippen LogP contribution in [0.4, 0.5) is 10.5 Å². The van der Waals surface area contributed by atoms with Crippen LogP contribution in [0.5, 0.6) is 11.5 Å². The summed E-state index contributed by atoms with van der Waals surface area (Å²) in [7, 11) is 3.26. The molecule has 2 aliphatic rings. The first-order chi connectivity index (χ1) is 14.9. The molecule has 0 saturated carbocycles. The molecule has 0 aromatic heterocycles. The van der Waals surface area contributed by atoms with Gasteiger partial charge in [0.05, 0.1) is 19.6 Å². The van der Waals surface area contributed by atoms with E-state index in [0.29, 0.717) is 32.5 Å². The molecular formula is C24H29N3O4. The topological polar surface area (TPSA) is 71.1 Å². The fourth-order valence-electron chi connectivity index (χ4n) is 4.44. The first-order valence-corrected chi connectivity index (χ1v) is 10.6. The lowest BCUT2D eigenvalue weighted by molar-refractivity contribution is -0.165. The third-order valence-corrected chi connectivity index (χ3v) is 6.45. The summed E-state index contributed by atoms with van der Waals surface area (Å²) in [5.41, 5.74) is 2.51. The quantitative estimate of drug-likeness (QED) is 0.745. The Morgan fingerprint density at radius 3 is 2.26 bits per heavy atom. The van der Waals surface area contributed by atoms with E-state index in [-0.39, 0.29) is 17.4 Å². The highest BCUT2D eigenvalue weighted by Crippen LogP contribution is 2.42. The van der Waals surface area contributed by atoms with Gasteiger partial charge in [-0.15, -0.1) is 0 Å². The molecule has 7 nitrogen and oxygen atoms in total. The molecule has 2 fully saturated rings. The van der Waals surface area contributed by atoms with Crippen LogP contribution in [0.25, 0.3) is 0 Å². The SMILES string of the molecule is COc1ccc(CN2CC3(CCN(C(=O)Nc4ccc(OC)cc4C)CC3)C2=O)cc1. The van der Waals surface area contributed by atoms with E-state index < -0.39 is 0 Å². The number of anilines is 1. The van der Waals surface area contributed by atoms with Crippen molar-refractivity contribution in [1.29, 1.82) is 0 Å². The molecule has 164 valence electrons. The van der Waals surface area contributed by atoms with E-state index in [1.807, 2.05) is 54.3 Å². The molecule has 1 spiro atoms. The minimum absolute atomic E-state index is 0.120. The van der Waals surface area contributed by atoms with Gasteiger partial charge in [0.15, 0.2) is 0 Å². The number of aryl methyl sites for hydroxylation is 1. The Labute approximate surface area is 182 Å². The van der Waals surface area contributed by atoms with E-state index in [1.165, 1.54) is 0 Å². The molecule has 2 saturated heterocycles. The van der Waals surface area contributed by atoms with Gasteiger partial charge >= 0.3 is 6.03 Å². The summed E-state index contributed by atoms with van der Waals surface area (Å²) in [4.78, 5) is 29.3. The van der Waals surface area contributed by atoms with Gasteiger partial charge in [0.2, 0.25) is 5.91 Å². The third-order valence-electron chi connectivity index (χ3n) is 6.45. The van der Waals surface area contributed by atoms with E-state index in [2.05, 4.69) is 5.32 Å². The van der Waals surface area contributed by atoms with Crippen molar-refractivity contribution >= 4 is 17.6 Å². The van der Waals surface area contributed by atoms with Crippen LogP contribution in [0.2, 0.25) is 0 Å². The highest BCUT2D eigenvalue weighted by atomic mass is 16.5. The molecule has 2 aromatic rings. The van der Waals surface area contributed by atoms with Crippen LogP contribution in [0.15, 0.2) is 42.5 Å². The molecule has 0 bridgehead atoms. The van der Waals surface area contributed by atoms with E-state index >= 15 is 0 Å². The highest BCUT2D eigenvalue weighted by molar-refractivity contribution is 5.92. The van der Waals surface area contributed by atoms with Crippen molar-refractivity contribution in [1.82, 2.24) is 9.80 Å². The molecule has 0 radical (unpaired) electrons. The van der Waals surface area contributed by atoms with Crippen molar-refractivity contribution in [2.24, 2.45) is 5.41 Å². The van der Waals surface area contributed by atoms with Crippen molar-refractivity contribution in [3.8, 4) is 11.5 Å². The lowest BCUT2D eigenvalue weighted by atomic mass is 9.71. The van der Waals surface area contributed by atoms with Crippen LogP contribution >= 0.6 is 0 Å². The molecule has 0 atom stereocenters. The second-order valence-corrected chi connectivity index (χ2v) is 8.39. The average Bonchev–Trinajstić information content (AvgIpc) is 2.80. The van der Waals surface area contributed by atoms with Crippen molar-refractivity contribution in [3.05, 3.63) is 53.6 Å². The number of rotatable bonds is 5. The predicted octanol–water partition coefficient (Wildman–Crippen LogP) is 3.67. The maximum Gasteiger partial charge on any atom is 0.321 e. The number of benzene rings is 2. The standard InChI is InChI=1S/C24H29N3O4/c1-17-14-20(31-3)8-9-21(17)25-23(29)26-12-10-24(11-13-26)16-27(22(24)28)15-18-4-6-19(30-2)7-5-18/h4-9,14H,10-13,15-16H2,1-3H3,(H,25,29). The molecule has 2 heterocycles. The summed E-state index contributed by atoms with van der Waals surface area (Å²) < 4.78 is 10.4. The summed E-state index contributed by atoms with van der Waals surface area (Å²) in [6, 6.07) is 13.3. The van der Waals surface area contributed by atoms with E-state index in [0.717, 1.165) is 34.9 Å². The van der Waals surface area contributed by atoms with Gasteiger partial charge in [0.1, 0.15) is 11.5 Å². The molecule has 3 amide bonds. The predicted molar refractivity (Wildman–Crippen MR) is 118 cm³/mol. The van der Waals surface area contributed by atoms with Crippen LogP contribution < -0.4 is 14.8 Å². The number of hydrogen-bond acceptors (Lipinski definition) is 4. The summed E-state index contributed by atoms with van der Waals surface area (Å²) in [6.07, 6.45) is 1.42. The van der Waals surface area contributed by atoms with Crippen LogP contribution in [0, 0.1) is 12.3 Å². The monoisotopic (exact) mass is 423 g/mol. The molecular weight excluding hydrogens is 394 g/mol. The van der Waals surface area contributed by atoms with Crippen LogP contribution in [-0.4, -0.2) is 55.6 Å². The smallest absolute Gasteiger partial charge is 0.321 e. The lowest BCUT2D eigenvalue weighted by Gasteiger charge is -2.52. The van der Waals surface area contributed by atoms with Crippen LogP contribution in [0.1, 0.15) is 24.0 Å². The number of carbonyl (C=O) groups is 2. The Morgan fingerprint density at radius 1 is 1.03 bits per heavy atom. The second kappa shape index (κ2) is 8.49. The van der Waals surface area contributed by atoms with Gasteiger partial charge in [0, 0.05) is 31.9 Å². The van der Waals surface area contributed by atoms with Gasteiger partial charge in [-0.05, 0) is 61.2 Å². The molecule has 1 N–H and O–H groups in total. The maximum absolute atomic E-state index is 12.9. The van der Waals surface area contributed by atoms with E-state index in [1.54, 1.807) is 19.1 Å². The summed E-state index contributed by atoms with van der Waals surface area (Å²) >= 11 is 0. The average molecular weight is 424 g/mol. The maximum atomic E-state index is 12.9. The number of methoxy groups -OCH3 is 2. The zero-order valence-electron chi connectivity index (χ0n) is 18.3. The summed E-state index contributed by atoms with van der Waals surface area (Å²) in [6.45, 7) is 4.48. The van der Waals surface area contributed by atoms with Crippen LogP contribution in [-0.2, 0) is 11.3 Å². The normalized spacial score (nSPS) is 17.3. The number of β-lactam (4-membered cyclic amide) rings is 1. The molecule has 0 unspecified atom stereocenters. The number of amides is 3. The third kappa shape index (κ3) is 4.17. The zero-order valence-corrected chi connectivity index (χ0v) is 18.3. The number of nitrogens with zero attached hydrogens (tertiary/aromatic N) is 2. The second-order valence-electron chi connectivity index (χ2n) is 8.39. The number of piperidine rings is 1. The van der Waals surface area contributed by atoms with E-state index in [9.17, 15) is 9.59 Å². The molecule has 4 rings (SSSR count). The molecule has 7 heteroatoms. The Kier molecular flexibility index (Phi) is 5.76. The first-order valence-electron chi connectivity index (χ1n) is 10.6. The zero-order chi connectivity index (χ0) is 22.0. The van der Waals surface area contributed by atoms with Gasteiger partial charge in [0.25, 0.3) is 0 Å². The number of urea groups is 1. The number of likely N-dealkylation sites (tertiary alicyclic amines) is 2. The number of hydrogen-bond donors (Lipinski definition) is 1. The number of carbonyl (C=O) groups excluding carboxylic acids is 2. The molecule has 2 aromatic carbocycles. The molecule has 0 aliphatic carbocycles. The van der Waals surface area contributed by atoms with Gasteiger partial charge in [-0.3, -0.25) is 4.79 Å². The lowest BCUT2D eigenvalue weighted by Crippen LogP contribution is -2.64. The summed E-state index contributed by atoms with van der Waals surface area (Å²) in [5.74, 6) is 1.78. The fourth-order valence-corrected chi connectivity index (χ4v) is 4.44.